The number of benzene rings is 1. The Morgan fingerprint density at radius 3 is 2.56 bits per heavy atom. The van der Waals surface area contributed by atoms with Gasteiger partial charge in [-0.2, -0.15) is 13.2 Å². The van der Waals surface area contributed by atoms with Crippen LogP contribution in [0.25, 0.3) is 0 Å². The normalized spacial score (nSPS) is 11.4. The van der Waals surface area contributed by atoms with E-state index in [0.29, 0.717) is 0 Å². The Bertz CT molecular complexity index is 427. The highest BCUT2D eigenvalue weighted by atomic mass is 19.4. The van der Waals surface area contributed by atoms with E-state index in [1.807, 2.05) is 0 Å². The lowest BCUT2D eigenvalue weighted by molar-refractivity contribution is -0.144. The van der Waals surface area contributed by atoms with Crippen molar-refractivity contribution in [3.05, 3.63) is 35.1 Å². The molecule has 6 heteroatoms. The lowest BCUT2D eigenvalue weighted by Gasteiger charge is -2.13. The van der Waals surface area contributed by atoms with Crippen molar-refractivity contribution in [2.45, 2.75) is 25.9 Å². The number of ether oxygens (including phenoxy) is 1. The monoisotopic (exact) mass is 264 g/mol. The number of aryl methyl sites for hydroxylation is 1. The molecule has 0 radical (unpaired) electrons. The highest BCUT2D eigenvalue weighted by molar-refractivity contribution is 5.69. The lowest BCUT2D eigenvalue weighted by atomic mass is 10.0. The third-order valence-electron chi connectivity index (χ3n) is 2.29. The van der Waals surface area contributed by atoms with E-state index in [-0.39, 0.29) is 25.0 Å². The number of rotatable bonds is 4. The molecule has 0 spiro atoms. The van der Waals surface area contributed by atoms with Crippen LogP contribution in [0.4, 0.5) is 17.6 Å². The van der Waals surface area contributed by atoms with Gasteiger partial charge in [0.15, 0.2) is 0 Å². The molecular weight excluding hydrogens is 252 g/mol. The standard InChI is InChI=1S/C12H12F4O2/c1-2-18-10(17)7-6-8-4-3-5-9(13)11(8)12(14,15)16/h3-5H,2,6-7H2,1H3. The maximum absolute atomic E-state index is 13.2. The van der Waals surface area contributed by atoms with Crippen molar-refractivity contribution in [3.63, 3.8) is 0 Å². The van der Waals surface area contributed by atoms with Crippen LogP contribution in [0.3, 0.4) is 0 Å². The van der Waals surface area contributed by atoms with Crippen LogP contribution in [0.2, 0.25) is 0 Å². The van der Waals surface area contributed by atoms with E-state index in [1.165, 1.54) is 6.07 Å². The zero-order valence-electron chi connectivity index (χ0n) is 9.68. The minimum atomic E-state index is -4.77. The molecule has 2 nitrogen and oxygen atoms in total. The molecule has 0 N–H and O–H groups in total. The molecule has 0 unspecified atom stereocenters. The largest absolute Gasteiger partial charge is 0.466 e. The Morgan fingerprint density at radius 1 is 1.33 bits per heavy atom. The SMILES string of the molecule is CCOC(=O)CCc1cccc(F)c1C(F)(F)F. The van der Waals surface area contributed by atoms with Crippen molar-refractivity contribution in [2.24, 2.45) is 0 Å². The van der Waals surface area contributed by atoms with Crippen molar-refractivity contribution in [1.29, 1.82) is 0 Å². The topological polar surface area (TPSA) is 26.3 Å². The number of alkyl halides is 3. The van der Waals surface area contributed by atoms with Crippen molar-refractivity contribution in [1.82, 2.24) is 0 Å². The molecule has 0 fully saturated rings. The maximum Gasteiger partial charge on any atom is 0.419 e. The molecule has 0 bridgehead atoms. The van der Waals surface area contributed by atoms with Gasteiger partial charge in [-0.15, -0.1) is 0 Å². The van der Waals surface area contributed by atoms with Crippen LogP contribution in [0, 0.1) is 5.82 Å². The fourth-order valence-corrected chi connectivity index (χ4v) is 1.56. The summed E-state index contributed by atoms with van der Waals surface area (Å²) in [5.41, 5.74) is -1.55. The summed E-state index contributed by atoms with van der Waals surface area (Å²) in [5.74, 6) is -1.93. The molecule has 0 aliphatic carbocycles. The average molecular weight is 264 g/mol. The third kappa shape index (κ3) is 3.72. The van der Waals surface area contributed by atoms with Gasteiger partial charge in [-0.1, -0.05) is 12.1 Å². The summed E-state index contributed by atoms with van der Waals surface area (Å²) < 4.78 is 55.7. The van der Waals surface area contributed by atoms with E-state index < -0.39 is 23.5 Å². The van der Waals surface area contributed by atoms with Crippen molar-refractivity contribution < 1.29 is 27.1 Å². The van der Waals surface area contributed by atoms with Crippen LogP contribution in [-0.2, 0) is 22.1 Å². The number of hydrogen-bond donors (Lipinski definition) is 0. The summed E-state index contributed by atoms with van der Waals surface area (Å²) in [6, 6.07) is 3.09. The third-order valence-corrected chi connectivity index (χ3v) is 2.29. The minimum Gasteiger partial charge on any atom is -0.466 e. The van der Waals surface area contributed by atoms with Crippen LogP contribution in [0.15, 0.2) is 18.2 Å². The van der Waals surface area contributed by atoms with Crippen LogP contribution < -0.4 is 0 Å². The Labute approximate surface area is 102 Å². The van der Waals surface area contributed by atoms with Gasteiger partial charge in [0.05, 0.1) is 12.2 Å². The highest BCUT2D eigenvalue weighted by Crippen LogP contribution is 2.34. The Morgan fingerprint density at radius 2 is 2.00 bits per heavy atom. The molecule has 18 heavy (non-hydrogen) atoms. The molecule has 0 aliphatic rings. The molecule has 0 saturated carbocycles. The number of halogens is 4. The number of carbonyl (C=O) groups excluding carboxylic acids is 1. The predicted octanol–water partition coefficient (Wildman–Crippen LogP) is 3.34. The highest BCUT2D eigenvalue weighted by Gasteiger charge is 2.36. The predicted molar refractivity (Wildman–Crippen MR) is 56.4 cm³/mol. The number of hydrogen-bond acceptors (Lipinski definition) is 2. The first-order valence-electron chi connectivity index (χ1n) is 5.36. The van der Waals surface area contributed by atoms with Gasteiger partial charge in [0.1, 0.15) is 5.82 Å². The number of carbonyl (C=O) groups is 1. The van der Waals surface area contributed by atoms with Crippen LogP contribution in [0.1, 0.15) is 24.5 Å². The first-order chi connectivity index (χ1) is 8.36. The molecule has 0 amide bonds. The maximum atomic E-state index is 13.2. The quantitative estimate of drug-likeness (QED) is 0.616. The Kier molecular flexibility index (Phi) is 4.69. The second kappa shape index (κ2) is 5.84. The number of esters is 1. The molecule has 0 aliphatic heterocycles. The van der Waals surface area contributed by atoms with Gasteiger partial charge in [-0.3, -0.25) is 4.79 Å². The first-order valence-corrected chi connectivity index (χ1v) is 5.36. The molecule has 100 valence electrons. The van der Waals surface area contributed by atoms with E-state index >= 15 is 0 Å². The smallest absolute Gasteiger partial charge is 0.419 e. The summed E-state index contributed by atoms with van der Waals surface area (Å²) in [6.45, 7) is 1.76. The summed E-state index contributed by atoms with van der Waals surface area (Å²) in [4.78, 5) is 11.1. The second-order valence-corrected chi connectivity index (χ2v) is 3.58. The van der Waals surface area contributed by atoms with E-state index in [2.05, 4.69) is 4.74 Å². The summed E-state index contributed by atoms with van der Waals surface area (Å²) in [5, 5.41) is 0. The molecule has 0 saturated heterocycles. The van der Waals surface area contributed by atoms with E-state index in [1.54, 1.807) is 6.92 Å². The van der Waals surface area contributed by atoms with Gasteiger partial charge in [-0.05, 0) is 25.0 Å². The first kappa shape index (κ1) is 14.5. The summed E-state index contributed by atoms with van der Waals surface area (Å²) in [7, 11) is 0. The van der Waals surface area contributed by atoms with Crippen LogP contribution in [-0.4, -0.2) is 12.6 Å². The Hall–Kier alpha value is -1.59. The van der Waals surface area contributed by atoms with Gasteiger partial charge >= 0.3 is 12.1 Å². The van der Waals surface area contributed by atoms with Crippen molar-refractivity contribution in [2.75, 3.05) is 6.61 Å². The van der Waals surface area contributed by atoms with Gasteiger partial charge < -0.3 is 4.74 Å². The zero-order valence-corrected chi connectivity index (χ0v) is 9.68. The zero-order chi connectivity index (χ0) is 13.8. The molecular formula is C12H12F4O2. The fraction of sp³-hybridized carbons (Fsp3) is 0.417. The van der Waals surface area contributed by atoms with E-state index in [9.17, 15) is 22.4 Å². The van der Waals surface area contributed by atoms with Crippen LogP contribution >= 0.6 is 0 Å². The molecule has 1 rings (SSSR count). The minimum absolute atomic E-state index is 0.161. The second-order valence-electron chi connectivity index (χ2n) is 3.58. The van der Waals surface area contributed by atoms with Gasteiger partial charge in [-0.25, -0.2) is 4.39 Å². The van der Waals surface area contributed by atoms with Gasteiger partial charge in [0, 0.05) is 6.42 Å². The van der Waals surface area contributed by atoms with Crippen molar-refractivity contribution in [3.8, 4) is 0 Å². The molecule has 0 aromatic heterocycles. The van der Waals surface area contributed by atoms with Crippen molar-refractivity contribution >= 4 is 5.97 Å². The molecule has 0 heterocycles. The summed E-state index contributed by atoms with van der Waals surface area (Å²) in [6.07, 6.45) is -5.18. The fourth-order valence-electron chi connectivity index (χ4n) is 1.56. The van der Waals surface area contributed by atoms with E-state index in [0.717, 1.165) is 12.1 Å². The lowest BCUT2D eigenvalue weighted by Crippen LogP contribution is -2.13. The van der Waals surface area contributed by atoms with Gasteiger partial charge in [0.2, 0.25) is 0 Å². The molecule has 1 aromatic carbocycles. The van der Waals surface area contributed by atoms with Gasteiger partial charge in [0.25, 0.3) is 0 Å². The summed E-state index contributed by atoms with van der Waals surface area (Å²) >= 11 is 0. The average Bonchev–Trinajstić information content (AvgIpc) is 2.25. The van der Waals surface area contributed by atoms with Crippen LogP contribution in [0.5, 0.6) is 0 Å². The van der Waals surface area contributed by atoms with E-state index in [4.69, 9.17) is 0 Å². The molecule has 0 atom stereocenters. The molecule has 1 aromatic rings. The Balaban J connectivity index is 2.89.